The number of piperidine rings is 1. The first-order valence-corrected chi connectivity index (χ1v) is 7.15. The number of nitrogens with zero attached hydrogens (tertiary/aromatic N) is 3. The van der Waals surface area contributed by atoms with Crippen LogP contribution in [0.5, 0.6) is 0 Å². The molecule has 1 saturated heterocycles. The summed E-state index contributed by atoms with van der Waals surface area (Å²) in [5, 5.41) is 2.73. The molecule has 110 valence electrons. The molecule has 6 nitrogen and oxygen atoms in total. The Labute approximate surface area is 119 Å². The third-order valence-corrected chi connectivity index (χ3v) is 3.61. The summed E-state index contributed by atoms with van der Waals surface area (Å²) in [4.78, 5) is 22.9. The molecule has 0 radical (unpaired) electrons. The Morgan fingerprint density at radius 1 is 1.45 bits per heavy atom. The van der Waals surface area contributed by atoms with Crippen molar-refractivity contribution in [1.82, 2.24) is 15.3 Å². The molecule has 1 aliphatic heterocycles. The van der Waals surface area contributed by atoms with Gasteiger partial charge in [-0.25, -0.2) is 9.97 Å². The molecule has 1 aromatic heterocycles. The molecular formula is C14H23N5O. The standard InChI is InChI=1S/C14H23N5O/c1-9(2)13-17-11(15)8-12(18-13)19-7-5-4-6-10(19)14(20)16-3/h8-10H,4-7H2,1-3H3,(H,16,20)(H2,15,17,18). The summed E-state index contributed by atoms with van der Waals surface area (Å²) >= 11 is 0. The van der Waals surface area contributed by atoms with Crippen LogP contribution >= 0.6 is 0 Å². The number of nitrogens with one attached hydrogen (secondary N) is 1. The van der Waals surface area contributed by atoms with Gasteiger partial charge in [-0.05, 0) is 19.3 Å². The number of aromatic nitrogens is 2. The lowest BCUT2D eigenvalue weighted by Gasteiger charge is -2.35. The van der Waals surface area contributed by atoms with Crippen molar-refractivity contribution in [2.45, 2.75) is 45.1 Å². The van der Waals surface area contributed by atoms with Crippen LogP contribution < -0.4 is 16.0 Å². The Bertz CT molecular complexity index is 488. The van der Waals surface area contributed by atoms with E-state index in [0.29, 0.717) is 5.82 Å². The van der Waals surface area contributed by atoms with Crippen molar-refractivity contribution in [3.63, 3.8) is 0 Å². The first-order valence-electron chi connectivity index (χ1n) is 7.15. The molecule has 0 aliphatic carbocycles. The number of hydrogen-bond donors (Lipinski definition) is 2. The molecule has 3 N–H and O–H groups in total. The SMILES string of the molecule is CNC(=O)C1CCCCN1c1cc(N)nc(C(C)C)n1. The van der Waals surface area contributed by atoms with Gasteiger partial charge < -0.3 is 16.0 Å². The summed E-state index contributed by atoms with van der Waals surface area (Å²) in [7, 11) is 1.67. The van der Waals surface area contributed by atoms with Crippen LogP contribution in [0.25, 0.3) is 0 Å². The molecular weight excluding hydrogens is 254 g/mol. The van der Waals surface area contributed by atoms with Crippen molar-refractivity contribution in [2.24, 2.45) is 0 Å². The van der Waals surface area contributed by atoms with Crippen molar-refractivity contribution in [3.05, 3.63) is 11.9 Å². The number of carbonyl (C=O) groups is 1. The molecule has 0 bridgehead atoms. The number of hydrogen-bond acceptors (Lipinski definition) is 5. The normalized spacial score (nSPS) is 19.2. The molecule has 1 fully saturated rings. The summed E-state index contributed by atoms with van der Waals surface area (Å²) in [5.74, 6) is 2.18. The predicted molar refractivity (Wildman–Crippen MR) is 79.6 cm³/mol. The molecule has 1 amide bonds. The van der Waals surface area contributed by atoms with Gasteiger partial charge in [-0.15, -0.1) is 0 Å². The van der Waals surface area contributed by atoms with E-state index in [0.717, 1.165) is 37.4 Å². The van der Waals surface area contributed by atoms with Crippen molar-refractivity contribution in [1.29, 1.82) is 0 Å². The van der Waals surface area contributed by atoms with Crippen LogP contribution in [0.4, 0.5) is 11.6 Å². The highest BCUT2D eigenvalue weighted by Crippen LogP contribution is 2.25. The van der Waals surface area contributed by atoms with Gasteiger partial charge in [0.25, 0.3) is 0 Å². The summed E-state index contributed by atoms with van der Waals surface area (Å²) in [6.07, 6.45) is 2.97. The van der Waals surface area contributed by atoms with E-state index < -0.39 is 0 Å². The quantitative estimate of drug-likeness (QED) is 0.869. The van der Waals surface area contributed by atoms with Gasteiger partial charge in [0, 0.05) is 25.6 Å². The van der Waals surface area contributed by atoms with Gasteiger partial charge >= 0.3 is 0 Å². The van der Waals surface area contributed by atoms with Crippen LogP contribution in [-0.2, 0) is 4.79 Å². The number of carbonyl (C=O) groups excluding carboxylic acids is 1. The van der Waals surface area contributed by atoms with E-state index in [1.807, 2.05) is 18.7 Å². The van der Waals surface area contributed by atoms with E-state index in [-0.39, 0.29) is 17.9 Å². The Kier molecular flexibility index (Phi) is 4.42. The van der Waals surface area contributed by atoms with Gasteiger partial charge in [0.2, 0.25) is 5.91 Å². The molecule has 0 spiro atoms. The molecule has 1 aliphatic rings. The minimum atomic E-state index is -0.164. The summed E-state index contributed by atoms with van der Waals surface area (Å²) in [6, 6.07) is 1.59. The van der Waals surface area contributed by atoms with Gasteiger partial charge in [-0.1, -0.05) is 13.8 Å². The van der Waals surface area contributed by atoms with Crippen LogP contribution in [0.2, 0.25) is 0 Å². The highest BCUT2D eigenvalue weighted by atomic mass is 16.2. The molecule has 20 heavy (non-hydrogen) atoms. The Morgan fingerprint density at radius 3 is 2.85 bits per heavy atom. The van der Waals surface area contributed by atoms with E-state index in [4.69, 9.17) is 5.73 Å². The highest BCUT2D eigenvalue weighted by molar-refractivity contribution is 5.85. The monoisotopic (exact) mass is 277 g/mol. The maximum absolute atomic E-state index is 12.0. The van der Waals surface area contributed by atoms with Gasteiger partial charge in [0.15, 0.2) is 0 Å². The number of rotatable bonds is 3. The van der Waals surface area contributed by atoms with Crippen LogP contribution in [0.15, 0.2) is 6.07 Å². The van der Waals surface area contributed by atoms with Gasteiger partial charge in [-0.3, -0.25) is 4.79 Å². The smallest absolute Gasteiger partial charge is 0.242 e. The largest absolute Gasteiger partial charge is 0.384 e. The summed E-state index contributed by atoms with van der Waals surface area (Å²) in [5.41, 5.74) is 5.88. The number of anilines is 2. The maximum atomic E-state index is 12.0. The maximum Gasteiger partial charge on any atom is 0.242 e. The fraction of sp³-hybridized carbons (Fsp3) is 0.643. The third kappa shape index (κ3) is 3.00. The Hall–Kier alpha value is -1.85. The van der Waals surface area contributed by atoms with Crippen molar-refractivity contribution in [2.75, 3.05) is 24.2 Å². The zero-order valence-electron chi connectivity index (χ0n) is 12.4. The topological polar surface area (TPSA) is 84.1 Å². The van der Waals surface area contributed by atoms with E-state index in [9.17, 15) is 4.79 Å². The third-order valence-electron chi connectivity index (χ3n) is 3.61. The number of amides is 1. The van der Waals surface area contributed by atoms with Crippen LogP contribution in [-0.4, -0.2) is 35.5 Å². The first kappa shape index (κ1) is 14.6. The Balaban J connectivity index is 2.34. The number of likely N-dealkylation sites (N-methyl/N-ethyl adjacent to an activating group) is 1. The lowest BCUT2D eigenvalue weighted by Crippen LogP contribution is -2.49. The van der Waals surface area contributed by atoms with E-state index >= 15 is 0 Å². The number of nitrogen functional groups attached to an aromatic ring is 1. The van der Waals surface area contributed by atoms with Gasteiger partial charge in [-0.2, -0.15) is 0 Å². The minimum absolute atomic E-state index is 0.0352. The second-order valence-corrected chi connectivity index (χ2v) is 5.48. The molecule has 1 aromatic rings. The molecule has 1 unspecified atom stereocenters. The number of nitrogens with two attached hydrogens (primary N) is 1. The van der Waals surface area contributed by atoms with Crippen LogP contribution in [0.1, 0.15) is 44.9 Å². The first-order chi connectivity index (χ1) is 9.52. The predicted octanol–water partition coefficient (Wildman–Crippen LogP) is 1.29. The van der Waals surface area contributed by atoms with Gasteiger partial charge in [0.05, 0.1) is 0 Å². The lowest BCUT2D eigenvalue weighted by molar-refractivity contribution is -0.122. The van der Waals surface area contributed by atoms with Crippen LogP contribution in [0.3, 0.4) is 0 Å². The fourth-order valence-corrected chi connectivity index (χ4v) is 2.52. The summed E-state index contributed by atoms with van der Waals surface area (Å²) < 4.78 is 0. The second kappa shape index (κ2) is 6.07. The second-order valence-electron chi connectivity index (χ2n) is 5.48. The Morgan fingerprint density at radius 2 is 2.20 bits per heavy atom. The molecule has 1 atom stereocenters. The van der Waals surface area contributed by atoms with Crippen molar-refractivity contribution in [3.8, 4) is 0 Å². The molecule has 6 heteroatoms. The van der Waals surface area contributed by atoms with Crippen molar-refractivity contribution < 1.29 is 4.79 Å². The van der Waals surface area contributed by atoms with Crippen molar-refractivity contribution >= 4 is 17.5 Å². The van der Waals surface area contributed by atoms with E-state index in [2.05, 4.69) is 15.3 Å². The highest BCUT2D eigenvalue weighted by Gasteiger charge is 2.29. The van der Waals surface area contributed by atoms with Crippen LogP contribution in [0, 0.1) is 0 Å². The zero-order valence-corrected chi connectivity index (χ0v) is 12.4. The van der Waals surface area contributed by atoms with E-state index in [1.165, 1.54) is 0 Å². The average Bonchev–Trinajstić information content (AvgIpc) is 2.45. The average molecular weight is 277 g/mol. The summed E-state index contributed by atoms with van der Waals surface area (Å²) in [6.45, 7) is 4.89. The fourth-order valence-electron chi connectivity index (χ4n) is 2.52. The minimum Gasteiger partial charge on any atom is -0.384 e. The molecule has 0 aromatic carbocycles. The molecule has 0 saturated carbocycles. The zero-order chi connectivity index (χ0) is 14.7. The van der Waals surface area contributed by atoms with Gasteiger partial charge in [0.1, 0.15) is 23.5 Å². The van der Waals surface area contributed by atoms with E-state index in [1.54, 1.807) is 13.1 Å². The molecule has 2 rings (SSSR count). The molecule has 2 heterocycles. The lowest BCUT2D eigenvalue weighted by atomic mass is 10.0.